The molecule has 1 aromatic carbocycles. The van der Waals surface area contributed by atoms with E-state index in [9.17, 15) is 0 Å². The molecule has 0 atom stereocenters. The van der Waals surface area contributed by atoms with Gasteiger partial charge < -0.3 is 4.74 Å². The lowest BCUT2D eigenvalue weighted by atomic mass is 9.87. The van der Waals surface area contributed by atoms with E-state index in [1.54, 1.807) is 5.56 Å². The number of rotatable bonds is 3. The Bertz CT molecular complexity index is 661. The topological polar surface area (TPSA) is 13.1 Å². The van der Waals surface area contributed by atoms with Crippen LogP contribution in [-0.2, 0) is 19.9 Å². The molecular formula is C19H24NO+. The van der Waals surface area contributed by atoms with Crippen LogP contribution in [0.5, 0.6) is 5.75 Å². The lowest BCUT2D eigenvalue weighted by Gasteiger charge is -2.18. The van der Waals surface area contributed by atoms with Gasteiger partial charge in [-0.25, -0.2) is 0 Å². The highest BCUT2D eigenvalue weighted by atomic mass is 16.5. The number of fused-ring (bicyclic) bond motifs is 1. The van der Waals surface area contributed by atoms with E-state index in [0.717, 1.165) is 5.75 Å². The number of nitrogens with zero attached hydrogens (tertiary/aromatic N) is 1. The third-order valence-electron chi connectivity index (χ3n) is 4.38. The second-order valence-corrected chi connectivity index (χ2v) is 5.94. The van der Waals surface area contributed by atoms with Gasteiger partial charge in [-0.05, 0) is 68.4 Å². The predicted octanol–water partition coefficient (Wildman–Crippen LogP) is 3.76. The molecule has 3 rings (SSSR count). The van der Waals surface area contributed by atoms with Crippen LogP contribution in [0.1, 0.15) is 36.5 Å². The molecule has 1 aliphatic carbocycles. The second-order valence-electron chi connectivity index (χ2n) is 5.94. The molecule has 2 heteroatoms. The zero-order valence-corrected chi connectivity index (χ0v) is 13.3. The minimum absolute atomic E-state index is 0.706. The average molecular weight is 282 g/mol. The van der Waals surface area contributed by atoms with Crippen molar-refractivity contribution in [2.24, 2.45) is 7.05 Å². The van der Waals surface area contributed by atoms with E-state index in [0.29, 0.717) is 6.61 Å². The third kappa shape index (κ3) is 2.80. The van der Waals surface area contributed by atoms with Crippen LogP contribution in [0.25, 0.3) is 11.3 Å². The number of benzene rings is 1. The molecule has 21 heavy (non-hydrogen) atoms. The summed E-state index contributed by atoms with van der Waals surface area (Å²) in [5, 5.41) is 0. The van der Waals surface area contributed by atoms with Crippen LogP contribution < -0.4 is 9.30 Å². The van der Waals surface area contributed by atoms with E-state index in [4.69, 9.17) is 4.74 Å². The minimum atomic E-state index is 0.706. The molecule has 1 aliphatic rings. The van der Waals surface area contributed by atoms with Gasteiger partial charge in [0.1, 0.15) is 7.05 Å². The first-order valence-electron chi connectivity index (χ1n) is 7.94. The van der Waals surface area contributed by atoms with Crippen molar-refractivity contribution in [3.05, 3.63) is 47.2 Å². The Kier molecular flexibility index (Phi) is 3.96. The molecule has 0 spiro atoms. The summed E-state index contributed by atoms with van der Waals surface area (Å²) in [5.41, 5.74) is 7.06. The van der Waals surface area contributed by atoms with Gasteiger partial charge in [0.15, 0.2) is 5.75 Å². The Morgan fingerprint density at radius 2 is 1.81 bits per heavy atom. The fourth-order valence-corrected chi connectivity index (χ4v) is 3.30. The van der Waals surface area contributed by atoms with Crippen LogP contribution >= 0.6 is 0 Å². The predicted molar refractivity (Wildman–Crippen MR) is 85.6 cm³/mol. The van der Waals surface area contributed by atoms with Gasteiger partial charge in [-0.1, -0.05) is 6.07 Å². The zero-order valence-electron chi connectivity index (χ0n) is 13.3. The van der Waals surface area contributed by atoms with Gasteiger partial charge in [-0.15, -0.1) is 0 Å². The van der Waals surface area contributed by atoms with Crippen molar-refractivity contribution in [2.45, 2.75) is 39.5 Å². The maximum atomic E-state index is 5.58. The first kappa shape index (κ1) is 14.1. The number of hydrogen-bond acceptors (Lipinski definition) is 1. The monoisotopic (exact) mass is 282 g/mol. The Morgan fingerprint density at radius 3 is 2.48 bits per heavy atom. The number of aromatic nitrogens is 1. The van der Waals surface area contributed by atoms with Gasteiger partial charge >= 0.3 is 0 Å². The largest absolute Gasteiger partial charge is 0.488 e. The maximum Gasteiger partial charge on any atom is 0.212 e. The van der Waals surface area contributed by atoms with Crippen molar-refractivity contribution in [1.82, 2.24) is 0 Å². The molecule has 0 bridgehead atoms. The smallest absolute Gasteiger partial charge is 0.212 e. The molecule has 0 N–H and O–H groups in total. The molecule has 2 aromatic rings. The highest BCUT2D eigenvalue weighted by Gasteiger charge is 2.17. The van der Waals surface area contributed by atoms with Gasteiger partial charge in [0.2, 0.25) is 11.9 Å². The summed E-state index contributed by atoms with van der Waals surface area (Å²) in [7, 11) is 2.09. The first-order valence-corrected chi connectivity index (χ1v) is 7.94. The molecule has 2 nitrogen and oxygen atoms in total. The quantitative estimate of drug-likeness (QED) is 0.781. The van der Waals surface area contributed by atoms with Crippen LogP contribution in [-0.4, -0.2) is 6.61 Å². The highest BCUT2D eigenvalue weighted by molar-refractivity contribution is 5.63. The van der Waals surface area contributed by atoms with Gasteiger partial charge in [0.05, 0.1) is 6.61 Å². The van der Waals surface area contributed by atoms with E-state index < -0.39 is 0 Å². The van der Waals surface area contributed by atoms with Crippen LogP contribution in [0.2, 0.25) is 0 Å². The van der Waals surface area contributed by atoms with Crippen LogP contribution in [0, 0.1) is 6.92 Å². The molecule has 0 saturated heterocycles. The number of aryl methyl sites for hydroxylation is 4. The summed E-state index contributed by atoms with van der Waals surface area (Å²) in [6, 6.07) is 9.03. The average Bonchev–Trinajstić information content (AvgIpc) is 2.47. The van der Waals surface area contributed by atoms with E-state index in [2.05, 4.69) is 49.0 Å². The SMILES string of the molecule is CCOc1ccc(-c2cc3c(cc2C)CCCC3)[n+](C)c1. The zero-order chi connectivity index (χ0) is 14.8. The van der Waals surface area contributed by atoms with Crippen molar-refractivity contribution >= 4 is 0 Å². The summed E-state index contributed by atoms with van der Waals surface area (Å²) in [5.74, 6) is 0.930. The van der Waals surface area contributed by atoms with Crippen LogP contribution in [0.4, 0.5) is 0 Å². The number of hydrogen-bond donors (Lipinski definition) is 0. The lowest BCUT2D eigenvalue weighted by Crippen LogP contribution is -2.31. The fraction of sp³-hybridized carbons (Fsp3) is 0.421. The highest BCUT2D eigenvalue weighted by Crippen LogP contribution is 2.29. The fourth-order valence-electron chi connectivity index (χ4n) is 3.30. The van der Waals surface area contributed by atoms with Crippen LogP contribution in [0.15, 0.2) is 30.5 Å². The summed E-state index contributed by atoms with van der Waals surface area (Å²) in [6.07, 6.45) is 7.19. The summed E-state index contributed by atoms with van der Waals surface area (Å²) in [6.45, 7) is 4.94. The first-order chi connectivity index (χ1) is 10.2. The van der Waals surface area contributed by atoms with Crippen molar-refractivity contribution in [1.29, 1.82) is 0 Å². The van der Waals surface area contributed by atoms with Gasteiger partial charge in [-0.2, -0.15) is 4.57 Å². The van der Waals surface area contributed by atoms with Gasteiger partial charge in [0.25, 0.3) is 0 Å². The van der Waals surface area contributed by atoms with Crippen molar-refractivity contribution in [3.63, 3.8) is 0 Å². The van der Waals surface area contributed by atoms with Gasteiger partial charge in [-0.3, -0.25) is 0 Å². The maximum absolute atomic E-state index is 5.58. The third-order valence-corrected chi connectivity index (χ3v) is 4.38. The van der Waals surface area contributed by atoms with E-state index in [1.807, 2.05) is 6.92 Å². The molecular weight excluding hydrogens is 258 g/mol. The Labute approximate surface area is 127 Å². The normalized spacial score (nSPS) is 13.9. The lowest BCUT2D eigenvalue weighted by molar-refractivity contribution is -0.660. The Balaban J connectivity index is 2.04. The second kappa shape index (κ2) is 5.88. The summed E-state index contributed by atoms with van der Waals surface area (Å²) >= 11 is 0. The molecule has 0 radical (unpaired) electrons. The van der Waals surface area contributed by atoms with E-state index in [1.165, 1.54) is 48.1 Å². The van der Waals surface area contributed by atoms with E-state index in [-0.39, 0.29) is 0 Å². The molecule has 0 saturated carbocycles. The molecule has 1 aromatic heterocycles. The Hall–Kier alpha value is -1.83. The van der Waals surface area contributed by atoms with Crippen LogP contribution in [0.3, 0.4) is 0 Å². The molecule has 0 fully saturated rings. The van der Waals surface area contributed by atoms with E-state index >= 15 is 0 Å². The number of pyridine rings is 1. The molecule has 0 unspecified atom stereocenters. The van der Waals surface area contributed by atoms with Crippen molar-refractivity contribution in [2.75, 3.05) is 6.61 Å². The van der Waals surface area contributed by atoms with Crippen molar-refractivity contribution in [3.8, 4) is 17.0 Å². The minimum Gasteiger partial charge on any atom is -0.488 e. The number of ether oxygens (including phenoxy) is 1. The van der Waals surface area contributed by atoms with Gasteiger partial charge in [0, 0.05) is 11.6 Å². The Morgan fingerprint density at radius 1 is 1.10 bits per heavy atom. The van der Waals surface area contributed by atoms with Crippen molar-refractivity contribution < 1.29 is 9.30 Å². The molecule has 0 amide bonds. The standard InChI is InChI=1S/C19H24NO/c1-4-21-17-9-10-19(20(3)13-17)18-12-16-8-6-5-7-15(16)11-14(18)2/h9-13H,4-8H2,1-3H3/q+1. The molecule has 110 valence electrons. The summed E-state index contributed by atoms with van der Waals surface area (Å²) in [4.78, 5) is 0. The molecule has 0 aliphatic heterocycles. The molecule has 1 heterocycles. The summed E-state index contributed by atoms with van der Waals surface area (Å²) < 4.78 is 7.75.